The average Bonchev–Trinajstić information content (AvgIpc) is 3.53. The first-order valence-corrected chi connectivity index (χ1v) is 9.62. The second kappa shape index (κ2) is 7.18. The van der Waals surface area contributed by atoms with Gasteiger partial charge in [-0.25, -0.2) is 0 Å². The Labute approximate surface area is 161 Å². The van der Waals surface area contributed by atoms with Crippen LogP contribution < -0.4 is 10.6 Å². The summed E-state index contributed by atoms with van der Waals surface area (Å²) in [6, 6.07) is 2.85. The first kappa shape index (κ1) is 18.9. The molecule has 9 heteroatoms. The van der Waals surface area contributed by atoms with E-state index in [0.717, 1.165) is 37.9 Å². The molecule has 0 aliphatic heterocycles. The van der Waals surface area contributed by atoms with Gasteiger partial charge in [-0.1, -0.05) is 0 Å². The van der Waals surface area contributed by atoms with Crippen LogP contribution in [0.5, 0.6) is 0 Å². The van der Waals surface area contributed by atoms with E-state index >= 15 is 0 Å². The van der Waals surface area contributed by atoms with Gasteiger partial charge in [-0.2, -0.15) is 28.1 Å². The number of rotatable bonds is 7. The van der Waals surface area contributed by atoms with Crippen molar-refractivity contribution in [1.29, 1.82) is 0 Å². The molecule has 0 amide bonds. The third-order valence-electron chi connectivity index (χ3n) is 5.32. The van der Waals surface area contributed by atoms with E-state index in [2.05, 4.69) is 44.4 Å². The van der Waals surface area contributed by atoms with Gasteiger partial charge in [-0.15, -0.1) is 0 Å². The Kier molecular flexibility index (Phi) is 4.84. The Hall–Kier alpha value is -2.45. The zero-order valence-electron chi connectivity index (χ0n) is 15.8. The standard InChI is InChI=1S/C19H23F3N6/c1-10(12-3-4-12)24-17-26-16(14-7-8-23-15(9-14)19(20,21)22)27-18(28-17)25-11(2)13-5-6-13/h7-13H,3-6H2,1-2H3,(H2,24,25,26,27,28). The van der Waals surface area contributed by atoms with Gasteiger partial charge in [0.15, 0.2) is 5.82 Å². The minimum absolute atomic E-state index is 0.193. The summed E-state index contributed by atoms with van der Waals surface area (Å²) in [4.78, 5) is 16.6. The van der Waals surface area contributed by atoms with Gasteiger partial charge >= 0.3 is 6.18 Å². The molecule has 4 rings (SSSR count). The number of nitrogens with one attached hydrogen (secondary N) is 2. The van der Waals surface area contributed by atoms with Crippen LogP contribution in [0.1, 0.15) is 45.2 Å². The van der Waals surface area contributed by atoms with Gasteiger partial charge < -0.3 is 10.6 Å². The molecule has 2 heterocycles. The molecule has 2 aliphatic carbocycles. The monoisotopic (exact) mass is 392 g/mol. The summed E-state index contributed by atoms with van der Waals surface area (Å²) < 4.78 is 39.1. The second-order valence-electron chi connectivity index (χ2n) is 7.77. The molecule has 0 spiro atoms. The fraction of sp³-hybridized carbons (Fsp3) is 0.579. The molecular formula is C19H23F3N6. The van der Waals surface area contributed by atoms with Crippen LogP contribution in [-0.4, -0.2) is 32.0 Å². The first-order chi connectivity index (χ1) is 13.3. The van der Waals surface area contributed by atoms with E-state index < -0.39 is 11.9 Å². The molecule has 2 aromatic heterocycles. The fourth-order valence-electron chi connectivity index (χ4n) is 3.19. The molecule has 2 aromatic rings. The lowest BCUT2D eigenvalue weighted by atomic mass is 10.2. The van der Waals surface area contributed by atoms with Crippen molar-refractivity contribution < 1.29 is 13.2 Å². The number of alkyl halides is 3. The molecule has 2 N–H and O–H groups in total. The molecule has 0 radical (unpaired) electrons. The summed E-state index contributed by atoms with van der Waals surface area (Å²) in [6.45, 7) is 4.13. The van der Waals surface area contributed by atoms with Gasteiger partial charge in [0.1, 0.15) is 5.69 Å². The maximum Gasteiger partial charge on any atom is 0.433 e. The molecule has 0 bridgehead atoms. The summed E-state index contributed by atoms with van der Waals surface area (Å²) >= 11 is 0. The molecule has 2 saturated carbocycles. The van der Waals surface area contributed by atoms with Crippen molar-refractivity contribution in [3.8, 4) is 11.4 Å². The molecule has 28 heavy (non-hydrogen) atoms. The lowest BCUT2D eigenvalue weighted by Gasteiger charge is -2.17. The highest BCUT2D eigenvalue weighted by molar-refractivity contribution is 5.58. The Morgan fingerprint density at radius 3 is 1.93 bits per heavy atom. The van der Waals surface area contributed by atoms with E-state index in [9.17, 15) is 13.2 Å². The van der Waals surface area contributed by atoms with Gasteiger partial charge in [0.25, 0.3) is 0 Å². The number of aromatic nitrogens is 4. The van der Waals surface area contributed by atoms with E-state index in [4.69, 9.17) is 0 Å². The van der Waals surface area contributed by atoms with Crippen LogP contribution in [0.2, 0.25) is 0 Å². The van der Waals surface area contributed by atoms with Crippen molar-refractivity contribution in [3.05, 3.63) is 24.0 Å². The summed E-state index contributed by atoms with van der Waals surface area (Å²) in [5.41, 5.74) is -0.707. The van der Waals surface area contributed by atoms with Crippen LogP contribution in [0, 0.1) is 11.8 Å². The van der Waals surface area contributed by atoms with Crippen molar-refractivity contribution in [2.45, 2.75) is 57.8 Å². The zero-order valence-corrected chi connectivity index (χ0v) is 15.8. The van der Waals surface area contributed by atoms with Crippen LogP contribution in [0.4, 0.5) is 25.1 Å². The molecular weight excluding hydrogens is 369 g/mol. The number of hydrogen-bond donors (Lipinski definition) is 2. The average molecular weight is 392 g/mol. The third kappa shape index (κ3) is 4.51. The molecule has 2 aliphatic rings. The number of anilines is 2. The lowest BCUT2D eigenvalue weighted by molar-refractivity contribution is -0.141. The predicted octanol–water partition coefficient (Wildman–Crippen LogP) is 4.37. The van der Waals surface area contributed by atoms with Gasteiger partial charge in [-0.3, -0.25) is 4.98 Å². The summed E-state index contributed by atoms with van der Waals surface area (Å²) in [5.74, 6) is 2.11. The van der Waals surface area contributed by atoms with Gasteiger partial charge in [0.2, 0.25) is 11.9 Å². The van der Waals surface area contributed by atoms with Crippen molar-refractivity contribution >= 4 is 11.9 Å². The van der Waals surface area contributed by atoms with Crippen LogP contribution >= 0.6 is 0 Å². The van der Waals surface area contributed by atoms with E-state index in [-0.39, 0.29) is 23.5 Å². The minimum Gasteiger partial charge on any atom is -0.351 e. The predicted molar refractivity (Wildman–Crippen MR) is 99.7 cm³/mol. The first-order valence-electron chi connectivity index (χ1n) is 9.62. The molecule has 2 fully saturated rings. The van der Waals surface area contributed by atoms with Crippen LogP contribution in [0.15, 0.2) is 18.3 Å². The summed E-state index contributed by atoms with van der Waals surface area (Å²) in [7, 11) is 0. The van der Waals surface area contributed by atoms with Gasteiger partial charge in [0, 0.05) is 23.8 Å². The number of nitrogens with zero attached hydrogens (tertiary/aromatic N) is 4. The Morgan fingerprint density at radius 2 is 1.46 bits per heavy atom. The minimum atomic E-state index is -4.52. The molecule has 6 nitrogen and oxygen atoms in total. The number of hydrogen-bond acceptors (Lipinski definition) is 6. The van der Waals surface area contributed by atoms with Crippen LogP contribution in [-0.2, 0) is 6.18 Å². The van der Waals surface area contributed by atoms with Crippen molar-refractivity contribution in [1.82, 2.24) is 19.9 Å². The van der Waals surface area contributed by atoms with Gasteiger partial charge in [0.05, 0.1) is 0 Å². The van der Waals surface area contributed by atoms with Crippen LogP contribution in [0.25, 0.3) is 11.4 Å². The van der Waals surface area contributed by atoms with Crippen molar-refractivity contribution in [2.75, 3.05) is 10.6 Å². The van der Waals surface area contributed by atoms with E-state index in [1.807, 2.05) is 0 Å². The van der Waals surface area contributed by atoms with Crippen LogP contribution in [0.3, 0.4) is 0 Å². The van der Waals surface area contributed by atoms with E-state index in [1.165, 1.54) is 6.07 Å². The highest BCUT2D eigenvalue weighted by atomic mass is 19.4. The number of halogens is 3. The number of pyridine rings is 1. The maximum absolute atomic E-state index is 13.0. The van der Waals surface area contributed by atoms with E-state index in [0.29, 0.717) is 23.7 Å². The maximum atomic E-state index is 13.0. The fourth-order valence-corrected chi connectivity index (χ4v) is 3.19. The van der Waals surface area contributed by atoms with E-state index in [1.54, 1.807) is 0 Å². The summed E-state index contributed by atoms with van der Waals surface area (Å²) in [5, 5.41) is 6.55. The topological polar surface area (TPSA) is 75.6 Å². The second-order valence-corrected chi connectivity index (χ2v) is 7.77. The lowest BCUT2D eigenvalue weighted by Crippen LogP contribution is -2.23. The highest BCUT2D eigenvalue weighted by Gasteiger charge is 2.33. The summed E-state index contributed by atoms with van der Waals surface area (Å²) in [6.07, 6.45) is 1.25. The van der Waals surface area contributed by atoms with Crippen molar-refractivity contribution in [3.63, 3.8) is 0 Å². The zero-order chi connectivity index (χ0) is 19.9. The Balaban J connectivity index is 1.66. The Bertz CT molecular complexity index is 810. The third-order valence-corrected chi connectivity index (χ3v) is 5.32. The normalized spacial score (nSPS) is 19.2. The largest absolute Gasteiger partial charge is 0.433 e. The quantitative estimate of drug-likeness (QED) is 0.729. The molecule has 2 unspecified atom stereocenters. The van der Waals surface area contributed by atoms with Gasteiger partial charge in [-0.05, 0) is 63.5 Å². The highest BCUT2D eigenvalue weighted by Crippen LogP contribution is 2.35. The molecule has 0 saturated heterocycles. The molecule has 150 valence electrons. The molecule has 0 aromatic carbocycles. The van der Waals surface area contributed by atoms with Crippen molar-refractivity contribution in [2.24, 2.45) is 11.8 Å². The molecule has 2 atom stereocenters. The smallest absolute Gasteiger partial charge is 0.351 e. The SMILES string of the molecule is CC(Nc1nc(NC(C)C2CC2)nc(-c2ccnc(C(F)(F)F)c2)n1)C1CC1. The Morgan fingerprint density at radius 1 is 0.929 bits per heavy atom.